The molecular weight excluding hydrogens is 444 g/mol. The van der Waals surface area contributed by atoms with Gasteiger partial charge in [-0.2, -0.15) is 0 Å². The van der Waals surface area contributed by atoms with E-state index in [0.717, 1.165) is 36.9 Å². The number of nitrogens with one attached hydrogen (secondary N) is 1. The van der Waals surface area contributed by atoms with Crippen LogP contribution in [-0.2, 0) is 11.3 Å². The SMILES string of the molecule is O=C(Nc1ccc(Br)cn1)C1CCCN(C(=O)c2cccc(CN3CCCC3)c2)C1. The van der Waals surface area contributed by atoms with Gasteiger partial charge in [-0.25, -0.2) is 4.98 Å². The number of carbonyl (C=O) groups is 2. The van der Waals surface area contributed by atoms with Crippen LogP contribution < -0.4 is 5.32 Å². The maximum absolute atomic E-state index is 13.1. The van der Waals surface area contributed by atoms with Gasteiger partial charge in [0.2, 0.25) is 5.91 Å². The van der Waals surface area contributed by atoms with Crippen molar-refractivity contribution in [3.63, 3.8) is 0 Å². The quantitative estimate of drug-likeness (QED) is 0.718. The lowest BCUT2D eigenvalue weighted by Gasteiger charge is -2.32. The average Bonchev–Trinajstić information content (AvgIpc) is 3.28. The van der Waals surface area contributed by atoms with Crippen LogP contribution in [0.25, 0.3) is 0 Å². The molecule has 2 saturated heterocycles. The molecule has 0 bridgehead atoms. The van der Waals surface area contributed by atoms with E-state index in [1.54, 1.807) is 12.3 Å². The summed E-state index contributed by atoms with van der Waals surface area (Å²) in [5.41, 5.74) is 1.89. The number of piperidine rings is 1. The number of likely N-dealkylation sites (tertiary alicyclic amines) is 2. The zero-order valence-electron chi connectivity index (χ0n) is 17.0. The molecule has 2 aromatic rings. The smallest absolute Gasteiger partial charge is 0.253 e. The third-order valence-corrected chi connectivity index (χ3v) is 6.31. The van der Waals surface area contributed by atoms with Gasteiger partial charge in [0.15, 0.2) is 0 Å². The molecule has 3 heterocycles. The highest BCUT2D eigenvalue weighted by Gasteiger charge is 2.29. The number of aromatic nitrogens is 1. The lowest BCUT2D eigenvalue weighted by molar-refractivity contribution is -0.121. The summed E-state index contributed by atoms with van der Waals surface area (Å²) < 4.78 is 0.863. The van der Waals surface area contributed by atoms with Crippen LogP contribution in [-0.4, -0.2) is 52.8 Å². The molecule has 0 aliphatic carbocycles. The highest BCUT2D eigenvalue weighted by Crippen LogP contribution is 2.22. The van der Waals surface area contributed by atoms with E-state index in [9.17, 15) is 9.59 Å². The Hall–Kier alpha value is -2.25. The molecule has 0 spiro atoms. The number of carbonyl (C=O) groups excluding carboxylic acids is 2. The van der Waals surface area contributed by atoms with Crippen LogP contribution in [0.15, 0.2) is 47.1 Å². The Bertz CT molecular complexity index is 896. The second kappa shape index (κ2) is 9.71. The zero-order chi connectivity index (χ0) is 20.9. The molecule has 1 atom stereocenters. The molecule has 2 amide bonds. The molecule has 6 nitrogen and oxygen atoms in total. The molecule has 2 fully saturated rings. The average molecular weight is 471 g/mol. The van der Waals surface area contributed by atoms with Gasteiger partial charge in [-0.3, -0.25) is 14.5 Å². The normalized spacial score (nSPS) is 19.6. The Morgan fingerprint density at radius 1 is 1.10 bits per heavy atom. The molecule has 30 heavy (non-hydrogen) atoms. The molecule has 4 rings (SSSR count). The molecule has 158 valence electrons. The van der Waals surface area contributed by atoms with Crippen molar-refractivity contribution in [3.8, 4) is 0 Å². The van der Waals surface area contributed by atoms with Crippen LogP contribution in [0.4, 0.5) is 5.82 Å². The molecule has 2 aliphatic heterocycles. The number of nitrogens with zero attached hydrogens (tertiary/aromatic N) is 3. The first-order valence-electron chi connectivity index (χ1n) is 10.6. The van der Waals surface area contributed by atoms with Gasteiger partial charge < -0.3 is 10.2 Å². The number of hydrogen-bond acceptors (Lipinski definition) is 4. The van der Waals surface area contributed by atoms with E-state index < -0.39 is 0 Å². The van der Waals surface area contributed by atoms with Crippen LogP contribution >= 0.6 is 15.9 Å². The summed E-state index contributed by atoms with van der Waals surface area (Å²) >= 11 is 3.34. The van der Waals surface area contributed by atoms with E-state index in [2.05, 4.69) is 37.2 Å². The lowest BCUT2D eigenvalue weighted by Crippen LogP contribution is -2.43. The van der Waals surface area contributed by atoms with Crippen molar-refractivity contribution in [1.82, 2.24) is 14.8 Å². The van der Waals surface area contributed by atoms with Gasteiger partial charge in [0, 0.05) is 35.9 Å². The second-order valence-electron chi connectivity index (χ2n) is 8.12. The van der Waals surface area contributed by atoms with Crippen LogP contribution in [0.1, 0.15) is 41.6 Å². The first-order chi connectivity index (χ1) is 14.6. The minimum Gasteiger partial charge on any atom is -0.338 e. The van der Waals surface area contributed by atoms with Gasteiger partial charge in [-0.05, 0) is 84.5 Å². The van der Waals surface area contributed by atoms with E-state index in [4.69, 9.17) is 0 Å². The number of amides is 2. The number of anilines is 1. The van der Waals surface area contributed by atoms with Crippen molar-refractivity contribution in [2.45, 2.75) is 32.2 Å². The molecule has 0 saturated carbocycles. The van der Waals surface area contributed by atoms with E-state index >= 15 is 0 Å². The van der Waals surface area contributed by atoms with Crippen molar-refractivity contribution < 1.29 is 9.59 Å². The van der Waals surface area contributed by atoms with E-state index in [-0.39, 0.29) is 17.7 Å². The van der Waals surface area contributed by atoms with Crippen LogP contribution in [0, 0.1) is 5.92 Å². The predicted octanol–water partition coefficient (Wildman–Crippen LogP) is 3.93. The molecular formula is C23H27BrN4O2. The van der Waals surface area contributed by atoms with E-state index in [0.29, 0.717) is 24.5 Å². The molecule has 1 N–H and O–H groups in total. The summed E-state index contributed by atoms with van der Waals surface area (Å²) in [6, 6.07) is 11.5. The molecule has 1 unspecified atom stereocenters. The van der Waals surface area contributed by atoms with Crippen LogP contribution in [0.2, 0.25) is 0 Å². The van der Waals surface area contributed by atoms with Gasteiger partial charge in [0.25, 0.3) is 5.91 Å². The first kappa shape index (κ1) is 21.0. The van der Waals surface area contributed by atoms with Crippen molar-refractivity contribution in [2.75, 3.05) is 31.5 Å². The molecule has 1 aromatic heterocycles. The summed E-state index contributed by atoms with van der Waals surface area (Å²) in [7, 11) is 0. The van der Waals surface area contributed by atoms with Crippen LogP contribution in [0.5, 0.6) is 0 Å². The Labute approximate surface area is 185 Å². The summed E-state index contributed by atoms with van der Waals surface area (Å²) in [5, 5.41) is 2.87. The number of benzene rings is 1. The Kier molecular flexibility index (Phi) is 6.79. The minimum absolute atomic E-state index is 0.0116. The fourth-order valence-electron chi connectivity index (χ4n) is 4.24. The van der Waals surface area contributed by atoms with Crippen molar-refractivity contribution in [1.29, 1.82) is 0 Å². The molecule has 7 heteroatoms. The summed E-state index contributed by atoms with van der Waals surface area (Å²) in [6.07, 6.45) is 5.77. The monoisotopic (exact) mass is 470 g/mol. The van der Waals surface area contributed by atoms with Crippen molar-refractivity contribution in [3.05, 3.63) is 58.2 Å². The predicted molar refractivity (Wildman–Crippen MR) is 120 cm³/mol. The Morgan fingerprint density at radius 2 is 1.93 bits per heavy atom. The number of hydrogen-bond donors (Lipinski definition) is 1. The largest absolute Gasteiger partial charge is 0.338 e. The van der Waals surface area contributed by atoms with Crippen molar-refractivity contribution >= 4 is 33.6 Å². The molecule has 2 aliphatic rings. The second-order valence-corrected chi connectivity index (χ2v) is 9.04. The lowest BCUT2D eigenvalue weighted by atomic mass is 9.96. The fourth-order valence-corrected chi connectivity index (χ4v) is 4.47. The van der Waals surface area contributed by atoms with Crippen LogP contribution in [0.3, 0.4) is 0 Å². The third kappa shape index (κ3) is 5.26. The number of halogens is 1. The minimum atomic E-state index is -0.221. The topological polar surface area (TPSA) is 65.5 Å². The molecule has 1 aromatic carbocycles. The number of rotatable bonds is 5. The van der Waals surface area contributed by atoms with Gasteiger partial charge >= 0.3 is 0 Å². The maximum Gasteiger partial charge on any atom is 0.253 e. The van der Waals surface area contributed by atoms with Crippen molar-refractivity contribution in [2.24, 2.45) is 5.92 Å². The van der Waals surface area contributed by atoms with E-state index in [1.165, 1.54) is 18.4 Å². The molecule has 0 radical (unpaired) electrons. The highest BCUT2D eigenvalue weighted by atomic mass is 79.9. The van der Waals surface area contributed by atoms with Gasteiger partial charge in [-0.1, -0.05) is 12.1 Å². The Balaban J connectivity index is 1.38. The maximum atomic E-state index is 13.1. The Morgan fingerprint density at radius 3 is 2.70 bits per heavy atom. The number of pyridine rings is 1. The van der Waals surface area contributed by atoms with Gasteiger partial charge in [0.1, 0.15) is 5.82 Å². The third-order valence-electron chi connectivity index (χ3n) is 5.84. The standard InChI is InChI=1S/C23H27BrN4O2/c24-20-8-9-21(25-14-20)26-22(29)19-7-4-12-28(16-19)23(30)18-6-3-5-17(13-18)15-27-10-1-2-11-27/h3,5-6,8-9,13-14,19H,1-2,4,7,10-12,15-16H2,(H,25,26,29). The zero-order valence-corrected chi connectivity index (χ0v) is 18.6. The van der Waals surface area contributed by atoms with Gasteiger partial charge in [0.05, 0.1) is 5.92 Å². The first-order valence-corrected chi connectivity index (χ1v) is 11.4. The summed E-state index contributed by atoms with van der Waals surface area (Å²) in [4.78, 5) is 34.3. The summed E-state index contributed by atoms with van der Waals surface area (Å²) in [5.74, 6) is 0.241. The highest BCUT2D eigenvalue weighted by molar-refractivity contribution is 9.10. The fraction of sp³-hybridized carbons (Fsp3) is 0.435. The van der Waals surface area contributed by atoms with E-state index in [1.807, 2.05) is 29.2 Å². The van der Waals surface area contributed by atoms with Gasteiger partial charge in [-0.15, -0.1) is 0 Å². The summed E-state index contributed by atoms with van der Waals surface area (Å²) in [6.45, 7) is 4.29.